The molecule has 1 fully saturated rings. The van der Waals surface area contributed by atoms with Crippen LogP contribution >= 0.6 is 23.1 Å². The third-order valence-corrected chi connectivity index (χ3v) is 6.01. The first-order chi connectivity index (χ1) is 9.65. The van der Waals surface area contributed by atoms with E-state index in [1.54, 1.807) is 11.3 Å². The van der Waals surface area contributed by atoms with Gasteiger partial charge in [-0.3, -0.25) is 0 Å². The van der Waals surface area contributed by atoms with Crippen molar-refractivity contribution in [2.75, 3.05) is 17.3 Å². The molecule has 1 aromatic heterocycles. The van der Waals surface area contributed by atoms with Crippen molar-refractivity contribution in [3.63, 3.8) is 0 Å². The first kappa shape index (κ1) is 14.0. The number of nitrogens with two attached hydrogens (primary N) is 1. The van der Waals surface area contributed by atoms with Gasteiger partial charge in [0.05, 0.1) is 26.6 Å². The van der Waals surface area contributed by atoms with Gasteiger partial charge in [0.1, 0.15) is 0 Å². The third-order valence-electron chi connectivity index (χ3n) is 3.99. The molecule has 1 aromatic carbocycles. The average Bonchev–Trinajstić information content (AvgIpc) is 2.78. The number of hydrogen-bond donors (Lipinski definition) is 2. The zero-order valence-corrected chi connectivity index (χ0v) is 13.6. The topological polar surface area (TPSA) is 50.9 Å². The minimum absolute atomic E-state index is 0.542. The number of aromatic nitrogens is 1. The van der Waals surface area contributed by atoms with Crippen LogP contribution in [0.4, 0.5) is 11.4 Å². The lowest BCUT2D eigenvalue weighted by atomic mass is 9.94. The summed E-state index contributed by atoms with van der Waals surface area (Å²) < 4.78 is 1.18. The van der Waals surface area contributed by atoms with Gasteiger partial charge in [0.15, 0.2) is 0 Å². The van der Waals surface area contributed by atoms with Gasteiger partial charge in [-0.1, -0.05) is 6.42 Å². The lowest BCUT2D eigenvalue weighted by Crippen LogP contribution is -2.28. The maximum absolute atomic E-state index is 6.19. The minimum Gasteiger partial charge on any atom is -0.397 e. The molecule has 0 amide bonds. The Morgan fingerprint density at radius 3 is 3.05 bits per heavy atom. The van der Waals surface area contributed by atoms with Gasteiger partial charge in [0, 0.05) is 11.3 Å². The van der Waals surface area contributed by atoms with Crippen molar-refractivity contribution in [1.29, 1.82) is 0 Å². The highest BCUT2D eigenvalue weighted by atomic mass is 32.2. The Labute approximate surface area is 128 Å². The van der Waals surface area contributed by atoms with Gasteiger partial charge >= 0.3 is 0 Å². The van der Waals surface area contributed by atoms with Crippen molar-refractivity contribution in [2.24, 2.45) is 0 Å². The predicted octanol–water partition coefficient (Wildman–Crippen LogP) is 4.27. The Kier molecular flexibility index (Phi) is 4.08. The second-order valence-corrected chi connectivity index (χ2v) is 7.88. The summed E-state index contributed by atoms with van der Waals surface area (Å²) in [6.07, 6.45) is 7.34. The smallest absolute Gasteiger partial charge is 0.0907 e. The Morgan fingerprint density at radius 1 is 1.40 bits per heavy atom. The molecule has 0 saturated heterocycles. The van der Waals surface area contributed by atoms with Crippen LogP contribution in [0.25, 0.3) is 10.2 Å². The van der Waals surface area contributed by atoms with E-state index in [2.05, 4.69) is 28.7 Å². The second kappa shape index (κ2) is 5.82. The highest BCUT2D eigenvalue weighted by Gasteiger charge is 2.21. The Bertz CT molecular complexity index is 608. The molecule has 1 aliphatic carbocycles. The number of nitrogen functional groups attached to an aromatic ring is 1. The summed E-state index contributed by atoms with van der Waals surface area (Å²) in [7, 11) is 0. The predicted molar refractivity (Wildman–Crippen MR) is 92.0 cm³/mol. The fourth-order valence-corrected chi connectivity index (χ4v) is 4.62. The van der Waals surface area contributed by atoms with E-state index >= 15 is 0 Å². The van der Waals surface area contributed by atoms with Gasteiger partial charge in [0.2, 0.25) is 0 Å². The van der Waals surface area contributed by atoms with Crippen molar-refractivity contribution in [2.45, 2.75) is 43.9 Å². The molecule has 0 aliphatic heterocycles. The quantitative estimate of drug-likeness (QED) is 0.831. The monoisotopic (exact) mass is 307 g/mol. The van der Waals surface area contributed by atoms with Gasteiger partial charge in [0.25, 0.3) is 0 Å². The van der Waals surface area contributed by atoms with Gasteiger partial charge in [-0.2, -0.15) is 11.8 Å². The van der Waals surface area contributed by atoms with E-state index in [9.17, 15) is 0 Å². The Balaban J connectivity index is 1.81. The number of benzene rings is 1. The van der Waals surface area contributed by atoms with Crippen molar-refractivity contribution in [1.82, 2.24) is 4.98 Å². The van der Waals surface area contributed by atoms with Gasteiger partial charge < -0.3 is 11.1 Å². The maximum Gasteiger partial charge on any atom is 0.0907 e. The van der Waals surface area contributed by atoms with Crippen LogP contribution in [0.1, 0.15) is 30.7 Å². The van der Waals surface area contributed by atoms with Crippen molar-refractivity contribution < 1.29 is 0 Å². The summed E-state index contributed by atoms with van der Waals surface area (Å²) in [5.41, 5.74) is 9.14. The van der Waals surface area contributed by atoms with Gasteiger partial charge in [-0.15, -0.1) is 11.3 Å². The molecule has 1 heterocycles. The van der Waals surface area contributed by atoms with Crippen molar-refractivity contribution >= 4 is 44.7 Å². The zero-order chi connectivity index (χ0) is 14.1. The zero-order valence-electron chi connectivity index (χ0n) is 12.0. The highest BCUT2D eigenvalue weighted by molar-refractivity contribution is 7.99. The van der Waals surface area contributed by atoms with E-state index in [0.29, 0.717) is 6.04 Å². The van der Waals surface area contributed by atoms with E-state index in [4.69, 9.17) is 5.73 Å². The standard InChI is InChI=1S/C15H21N3S2/c1-9-17-14-8-13(12(16)7-15(14)20-9)18-10-4-3-5-11(6-10)19-2/h7-8,10-11,18H,3-6,16H2,1-2H3. The number of thiazole rings is 1. The molecule has 3 nitrogen and oxygen atoms in total. The summed E-state index contributed by atoms with van der Waals surface area (Å²) in [5.74, 6) is 0. The number of nitrogens with one attached hydrogen (secondary N) is 1. The highest BCUT2D eigenvalue weighted by Crippen LogP contribution is 2.33. The van der Waals surface area contributed by atoms with E-state index in [1.807, 2.05) is 18.7 Å². The number of fused-ring (bicyclic) bond motifs is 1. The second-order valence-electron chi connectivity index (χ2n) is 5.51. The van der Waals surface area contributed by atoms with Crippen LogP contribution in [0.3, 0.4) is 0 Å². The molecular formula is C15H21N3S2. The molecule has 0 radical (unpaired) electrons. The van der Waals surface area contributed by atoms with E-state index in [1.165, 1.54) is 30.4 Å². The maximum atomic E-state index is 6.19. The molecule has 2 unspecified atom stereocenters. The fourth-order valence-electron chi connectivity index (χ4n) is 2.94. The van der Waals surface area contributed by atoms with E-state index in [0.717, 1.165) is 27.1 Å². The van der Waals surface area contributed by atoms with Crippen LogP contribution in [0.5, 0.6) is 0 Å². The molecule has 3 rings (SSSR count). The van der Waals surface area contributed by atoms with Crippen LogP contribution in [-0.2, 0) is 0 Å². The van der Waals surface area contributed by atoms with Crippen LogP contribution in [0, 0.1) is 6.92 Å². The lowest BCUT2D eigenvalue weighted by molar-refractivity contribution is 0.474. The van der Waals surface area contributed by atoms with Gasteiger partial charge in [-0.25, -0.2) is 4.98 Å². The molecule has 2 atom stereocenters. The summed E-state index contributed by atoms with van der Waals surface area (Å²) >= 11 is 3.69. The number of thioether (sulfide) groups is 1. The molecule has 3 N–H and O–H groups in total. The molecule has 2 aromatic rings. The molecule has 1 aliphatic rings. The van der Waals surface area contributed by atoms with E-state index < -0.39 is 0 Å². The third kappa shape index (κ3) is 2.88. The summed E-state index contributed by atoms with van der Waals surface area (Å²) in [6.45, 7) is 2.04. The first-order valence-corrected chi connectivity index (χ1v) is 9.22. The minimum atomic E-state index is 0.542. The average molecular weight is 307 g/mol. The molecule has 108 valence electrons. The Morgan fingerprint density at radius 2 is 2.25 bits per heavy atom. The van der Waals surface area contributed by atoms with E-state index in [-0.39, 0.29) is 0 Å². The van der Waals surface area contributed by atoms with Crippen LogP contribution in [-0.4, -0.2) is 22.5 Å². The van der Waals surface area contributed by atoms with Gasteiger partial charge in [-0.05, 0) is 44.6 Å². The van der Waals surface area contributed by atoms with Crippen LogP contribution in [0.15, 0.2) is 12.1 Å². The molecule has 0 spiro atoms. The fraction of sp³-hybridized carbons (Fsp3) is 0.533. The number of hydrogen-bond acceptors (Lipinski definition) is 5. The lowest BCUT2D eigenvalue weighted by Gasteiger charge is -2.29. The normalized spacial score (nSPS) is 23.1. The number of rotatable bonds is 3. The van der Waals surface area contributed by atoms with Crippen LogP contribution < -0.4 is 11.1 Å². The van der Waals surface area contributed by atoms with Crippen LogP contribution in [0.2, 0.25) is 0 Å². The van der Waals surface area contributed by atoms with Crippen molar-refractivity contribution in [3.8, 4) is 0 Å². The summed E-state index contributed by atoms with van der Waals surface area (Å²) in [5, 5.41) is 5.52. The Hall–Kier alpha value is -0.940. The molecular weight excluding hydrogens is 286 g/mol. The number of anilines is 2. The molecule has 20 heavy (non-hydrogen) atoms. The molecule has 0 bridgehead atoms. The molecule has 5 heteroatoms. The summed E-state index contributed by atoms with van der Waals surface area (Å²) in [6, 6.07) is 4.70. The number of nitrogens with zero attached hydrogens (tertiary/aromatic N) is 1. The SMILES string of the molecule is CSC1CCCC(Nc2cc3nc(C)sc3cc2N)C1. The number of aryl methyl sites for hydroxylation is 1. The van der Waals surface area contributed by atoms with Crippen molar-refractivity contribution in [3.05, 3.63) is 17.1 Å². The first-order valence-electron chi connectivity index (χ1n) is 7.11. The largest absolute Gasteiger partial charge is 0.397 e. The summed E-state index contributed by atoms with van der Waals surface area (Å²) in [4.78, 5) is 4.56. The molecule has 1 saturated carbocycles.